The van der Waals surface area contributed by atoms with Crippen LogP contribution in [0, 0.1) is 17.9 Å². The predicted molar refractivity (Wildman–Crippen MR) is 295 cm³/mol. The molecule has 0 saturated carbocycles. The van der Waals surface area contributed by atoms with Crippen molar-refractivity contribution in [3.05, 3.63) is 257 Å². The maximum Gasteiger partial charge on any atom is 0.187 e. The summed E-state index contributed by atoms with van der Waals surface area (Å²) in [4.78, 5) is 8.26. The quantitative estimate of drug-likeness (QED) is 0.156. The number of para-hydroxylation sites is 2. The Kier molecular flexibility index (Phi) is 9.94. The van der Waals surface area contributed by atoms with E-state index in [1.165, 1.54) is 66.4 Å². The van der Waals surface area contributed by atoms with Crippen molar-refractivity contribution >= 4 is 61.4 Å². The number of hydrogen-bond acceptors (Lipinski definition) is 3. The molecule has 12 rings (SSSR count). The first-order chi connectivity index (χ1) is 34.4. The van der Waals surface area contributed by atoms with E-state index < -0.39 is 5.41 Å². The highest BCUT2D eigenvalue weighted by Gasteiger charge is 2.53. The van der Waals surface area contributed by atoms with Crippen LogP contribution in [0.25, 0.3) is 48.6 Å². The summed E-state index contributed by atoms with van der Waals surface area (Å²) in [5.74, 6) is 0. The van der Waals surface area contributed by atoms with Crippen LogP contribution in [0.3, 0.4) is 0 Å². The van der Waals surface area contributed by atoms with Crippen LogP contribution in [0.5, 0.6) is 0 Å². The summed E-state index contributed by atoms with van der Waals surface area (Å²) < 4.78 is 0. The van der Waals surface area contributed by atoms with Crippen molar-refractivity contribution in [2.75, 3.05) is 9.80 Å². The van der Waals surface area contributed by atoms with E-state index in [4.69, 9.17) is 6.57 Å². The summed E-state index contributed by atoms with van der Waals surface area (Å²) in [6.45, 7) is 21.5. The smallest absolute Gasteiger partial charge is 0.187 e. The van der Waals surface area contributed by atoms with Crippen LogP contribution in [0.1, 0.15) is 80.5 Å². The minimum atomic E-state index is -0.648. The second kappa shape index (κ2) is 16.2. The van der Waals surface area contributed by atoms with Gasteiger partial charge < -0.3 is 9.80 Å². The zero-order valence-corrected chi connectivity index (χ0v) is 40.9. The number of nitrogens with zero attached hydrogens (tertiary/aromatic N) is 4. The summed E-state index contributed by atoms with van der Waals surface area (Å²) in [6, 6.07) is 77.0. The maximum atomic E-state index is 9.69. The molecule has 0 fully saturated rings. The first-order valence-electron chi connectivity index (χ1n) is 24.5. The topological polar surface area (TPSA) is 34.6 Å². The molecule has 0 saturated heterocycles. The summed E-state index contributed by atoms with van der Waals surface area (Å²) in [7, 11) is 0. The van der Waals surface area contributed by atoms with Gasteiger partial charge in [0.05, 0.1) is 23.6 Å². The van der Waals surface area contributed by atoms with Gasteiger partial charge in [0.1, 0.15) is 0 Å². The van der Waals surface area contributed by atoms with E-state index in [1.54, 1.807) is 0 Å². The van der Waals surface area contributed by atoms with Crippen LogP contribution >= 0.6 is 0 Å². The third kappa shape index (κ3) is 6.86. The van der Waals surface area contributed by atoms with Gasteiger partial charge in [-0.05, 0) is 173 Å². The van der Waals surface area contributed by atoms with Crippen LogP contribution in [-0.4, -0.2) is 0 Å². The molecule has 4 nitrogen and oxygen atoms in total. The highest BCUT2D eigenvalue weighted by atomic mass is 15.1. The second-order valence-corrected chi connectivity index (χ2v) is 21.2. The Labute approximate surface area is 417 Å². The summed E-state index contributed by atoms with van der Waals surface area (Å²) in [6.07, 6.45) is 0. The lowest BCUT2D eigenvalue weighted by Gasteiger charge is -2.33. The van der Waals surface area contributed by atoms with Crippen molar-refractivity contribution < 1.29 is 0 Å². The van der Waals surface area contributed by atoms with Crippen LogP contribution in [0.4, 0.5) is 39.8 Å². The Morgan fingerprint density at radius 2 is 0.831 bits per heavy atom. The van der Waals surface area contributed by atoms with E-state index >= 15 is 0 Å². The molecule has 340 valence electrons. The summed E-state index contributed by atoms with van der Waals surface area (Å²) in [5, 5.41) is 14.4. The predicted octanol–water partition coefficient (Wildman–Crippen LogP) is 18.3. The van der Waals surface area contributed by atoms with Crippen molar-refractivity contribution in [2.24, 2.45) is 0 Å². The molecular formula is C67H52N4. The molecule has 0 radical (unpaired) electrons. The average Bonchev–Trinajstić information content (AvgIpc) is 3.86. The van der Waals surface area contributed by atoms with Gasteiger partial charge in [-0.1, -0.05) is 163 Å². The van der Waals surface area contributed by atoms with Gasteiger partial charge in [-0.25, -0.2) is 4.85 Å². The van der Waals surface area contributed by atoms with E-state index in [0.29, 0.717) is 11.3 Å². The number of anilines is 6. The first-order valence-corrected chi connectivity index (χ1v) is 24.5. The molecule has 2 aliphatic carbocycles. The van der Waals surface area contributed by atoms with E-state index in [9.17, 15) is 5.26 Å². The number of hydrogen-bond donors (Lipinski definition) is 0. The standard InChI is InChI=1S/C67H52N4/c1-65(2,3)46-22-36-61-59(40-46)60-41-47(66(4,5)6)23-37-62(60)67(61)63-55-34-30-53(70(49-14-10-8-11-15-49)51-26-18-43(42-68)19-27-51)38-44(55)20-32-57(63)58-33-21-45-39-54(31-35-56(45)64(58)67)71(50-16-12-9-13-17-50)52-28-24-48(69-7)25-29-52/h8-41H,1-6H3. The number of rotatable bonds is 6. The van der Waals surface area contributed by atoms with Crippen LogP contribution in [-0.2, 0) is 16.2 Å². The molecule has 4 heteroatoms. The highest BCUT2D eigenvalue weighted by Crippen LogP contribution is 2.66. The van der Waals surface area contributed by atoms with Gasteiger partial charge >= 0.3 is 0 Å². The van der Waals surface area contributed by atoms with E-state index in [-0.39, 0.29) is 10.8 Å². The largest absolute Gasteiger partial charge is 0.311 e. The lowest BCUT2D eigenvalue weighted by Crippen LogP contribution is -2.27. The molecule has 0 aliphatic heterocycles. The monoisotopic (exact) mass is 912 g/mol. The molecule has 10 aromatic carbocycles. The number of fused-ring (bicyclic) bond motifs is 14. The normalized spacial score (nSPS) is 13.0. The molecule has 0 heterocycles. The molecule has 10 aromatic rings. The fourth-order valence-electron chi connectivity index (χ4n) is 11.5. The van der Waals surface area contributed by atoms with Gasteiger partial charge in [0.25, 0.3) is 0 Å². The van der Waals surface area contributed by atoms with Crippen LogP contribution < -0.4 is 9.80 Å². The zero-order chi connectivity index (χ0) is 48.8. The van der Waals surface area contributed by atoms with Gasteiger partial charge in [0.15, 0.2) is 5.69 Å². The van der Waals surface area contributed by atoms with Crippen molar-refractivity contribution in [3.8, 4) is 28.3 Å². The minimum absolute atomic E-state index is 0.0508. The lowest BCUT2D eigenvalue weighted by molar-refractivity contribution is 0.589. The third-order valence-electron chi connectivity index (χ3n) is 15.0. The minimum Gasteiger partial charge on any atom is -0.311 e. The van der Waals surface area contributed by atoms with Crippen molar-refractivity contribution in [1.82, 2.24) is 0 Å². The number of benzene rings is 10. The van der Waals surface area contributed by atoms with Gasteiger partial charge in [-0.2, -0.15) is 5.26 Å². The molecule has 2 aliphatic rings. The van der Waals surface area contributed by atoms with E-state index in [1.807, 2.05) is 54.6 Å². The Morgan fingerprint density at radius 3 is 1.24 bits per heavy atom. The Morgan fingerprint density at radius 1 is 0.423 bits per heavy atom. The summed E-state index contributed by atoms with van der Waals surface area (Å²) >= 11 is 0. The summed E-state index contributed by atoms with van der Waals surface area (Å²) in [5.41, 5.74) is 19.7. The average molecular weight is 913 g/mol. The molecule has 71 heavy (non-hydrogen) atoms. The highest BCUT2D eigenvalue weighted by molar-refractivity contribution is 6.10. The van der Waals surface area contributed by atoms with Crippen LogP contribution in [0.15, 0.2) is 206 Å². The van der Waals surface area contributed by atoms with Crippen molar-refractivity contribution in [3.63, 3.8) is 0 Å². The van der Waals surface area contributed by atoms with Gasteiger partial charge in [0, 0.05) is 34.1 Å². The molecule has 0 bridgehead atoms. The molecule has 1 spiro atoms. The molecule has 0 amide bonds. The fourth-order valence-corrected chi connectivity index (χ4v) is 11.5. The van der Waals surface area contributed by atoms with Crippen molar-refractivity contribution in [1.29, 1.82) is 5.26 Å². The van der Waals surface area contributed by atoms with Gasteiger partial charge in [-0.15, -0.1) is 0 Å². The SMILES string of the molecule is [C-]#[N+]c1ccc(N(c2ccccc2)c2ccc3c4c(ccc3c2)-c2ccc3cc(N(c5ccccc5)c5ccc(C#N)cc5)ccc3c2C42c3ccc(C(C)(C)C)cc3-c3cc(C(C)(C)C)ccc32)cc1. The lowest BCUT2D eigenvalue weighted by atomic mass is 9.68. The zero-order valence-electron chi connectivity index (χ0n) is 40.9. The van der Waals surface area contributed by atoms with Crippen LogP contribution in [0.2, 0.25) is 0 Å². The maximum absolute atomic E-state index is 9.69. The molecule has 0 aromatic heterocycles. The molecule has 0 atom stereocenters. The van der Waals surface area contributed by atoms with Gasteiger partial charge in [0.2, 0.25) is 0 Å². The van der Waals surface area contributed by atoms with Crippen molar-refractivity contribution in [2.45, 2.75) is 57.8 Å². The number of nitriles is 1. The second-order valence-electron chi connectivity index (χ2n) is 21.2. The molecule has 0 N–H and O–H groups in total. The third-order valence-corrected chi connectivity index (χ3v) is 15.0. The Hall–Kier alpha value is -8.70. The Bertz CT molecular complexity index is 3590. The molecule has 0 unspecified atom stereocenters. The Balaban J connectivity index is 1.14. The first kappa shape index (κ1) is 43.6. The van der Waals surface area contributed by atoms with Gasteiger partial charge in [-0.3, -0.25) is 0 Å². The molecular weight excluding hydrogens is 861 g/mol. The fraction of sp³-hybridized carbons (Fsp3) is 0.134. The van der Waals surface area contributed by atoms with E-state index in [0.717, 1.165) is 44.9 Å². The van der Waals surface area contributed by atoms with E-state index in [2.05, 4.69) is 214 Å².